The molecule has 7 heteroatoms. The predicted octanol–water partition coefficient (Wildman–Crippen LogP) is 4.68. The third-order valence-electron chi connectivity index (χ3n) is 4.76. The monoisotopic (exact) mass is 438 g/mol. The summed E-state index contributed by atoms with van der Waals surface area (Å²) in [7, 11) is 1.68. The Kier molecular flexibility index (Phi) is 5.81. The number of methoxy groups -OCH3 is 1. The number of rotatable bonds is 4. The first-order valence-electron chi connectivity index (χ1n) is 8.55. The molecule has 1 aliphatic heterocycles. The molecule has 2 aliphatic rings. The van der Waals surface area contributed by atoms with Gasteiger partial charge in [-0.3, -0.25) is 0 Å². The van der Waals surface area contributed by atoms with Crippen molar-refractivity contribution in [1.29, 1.82) is 0 Å². The van der Waals surface area contributed by atoms with Crippen LogP contribution in [0, 0.1) is 11.6 Å². The molecule has 0 aromatic heterocycles. The highest BCUT2D eigenvalue weighted by Gasteiger charge is 2.38. The number of hydrogen-bond donors (Lipinski definition) is 0. The van der Waals surface area contributed by atoms with Crippen LogP contribution in [0.4, 0.5) is 8.78 Å². The molecule has 0 bridgehead atoms. The van der Waals surface area contributed by atoms with Gasteiger partial charge in [-0.25, -0.2) is 13.8 Å². The molecule has 0 saturated heterocycles. The summed E-state index contributed by atoms with van der Waals surface area (Å²) in [5.74, 6) is -0.888. The van der Waals surface area contributed by atoms with Crippen LogP contribution in [-0.4, -0.2) is 35.7 Å². The number of nitrogens with zero attached hydrogens (tertiary/aromatic N) is 2. The largest absolute Gasteiger partial charge is 0.472 e. The average Bonchev–Trinajstić information content (AvgIpc) is 2.64. The third kappa shape index (κ3) is 4.14. The molecule has 1 aromatic carbocycles. The highest BCUT2D eigenvalue weighted by Crippen LogP contribution is 2.31. The molecule has 0 saturated carbocycles. The predicted molar refractivity (Wildman–Crippen MR) is 104 cm³/mol. The molecule has 1 heterocycles. The zero-order chi connectivity index (χ0) is 19.6. The molecular weight excluding hydrogens is 418 g/mol. The smallest absolute Gasteiger partial charge is 0.227 e. The van der Waals surface area contributed by atoms with E-state index in [2.05, 4.69) is 31.9 Å². The van der Waals surface area contributed by atoms with Crippen LogP contribution in [-0.2, 0) is 16.1 Å². The number of ether oxygens (including phenoxy) is 2. The van der Waals surface area contributed by atoms with Gasteiger partial charge in [0.2, 0.25) is 5.90 Å². The lowest BCUT2D eigenvalue weighted by molar-refractivity contribution is -0.0103. The first-order valence-corrected chi connectivity index (χ1v) is 9.34. The van der Waals surface area contributed by atoms with Crippen molar-refractivity contribution in [2.45, 2.75) is 38.3 Å². The number of allylic oxidation sites excluding steroid dienone is 2. The summed E-state index contributed by atoms with van der Waals surface area (Å²) in [6.07, 6.45) is 9.70. The van der Waals surface area contributed by atoms with Gasteiger partial charge in [0.1, 0.15) is 30.0 Å². The summed E-state index contributed by atoms with van der Waals surface area (Å²) < 4.78 is 38.8. The van der Waals surface area contributed by atoms with Crippen LogP contribution in [0.25, 0.3) is 0 Å². The second kappa shape index (κ2) is 7.94. The van der Waals surface area contributed by atoms with Crippen molar-refractivity contribution in [1.82, 2.24) is 4.90 Å². The van der Waals surface area contributed by atoms with Gasteiger partial charge in [-0.05, 0) is 41.9 Å². The summed E-state index contributed by atoms with van der Waals surface area (Å²) in [5, 5.41) is 0. The van der Waals surface area contributed by atoms with Crippen LogP contribution < -0.4 is 0 Å². The quantitative estimate of drug-likeness (QED) is 0.684. The maximum absolute atomic E-state index is 13.8. The first-order chi connectivity index (χ1) is 12.8. The normalized spacial score (nSPS) is 27.4. The van der Waals surface area contributed by atoms with Crippen molar-refractivity contribution in [2.75, 3.05) is 7.11 Å². The fourth-order valence-electron chi connectivity index (χ4n) is 3.09. The molecule has 1 aromatic rings. The van der Waals surface area contributed by atoms with Gasteiger partial charge in [0.05, 0.1) is 10.5 Å². The third-order valence-corrected chi connectivity index (χ3v) is 5.31. The van der Waals surface area contributed by atoms with Crippen LogP contribution in [0.2, 0.25) is 0 Å². The molecule has 1 aliphatic carbocycles. The van der Waals surface area contributed by atoms with Gasteiger partial charge in [-0.1, -0.05) is 24.3 Å². The van der Waals surface area contributed by atoms with Crippen LogP contribution in [0.15, 0.2) is 58.2 Å². The van der Waals surface area contributed by atoms with E-state index in [0.717, 1.165) is 6.07 Å². The standard InChI is InChI=1S/C20H21BrF2N2O2/c1-13-24-19(27-12-14-7-8-15(22)10-17(14)23)16(21)11-25(13)18-6-4-5-9-20(18,2)26-3/h4-11,13,18H,12H2,1-3H3. The van der Waals surface area contributed by atoms with Gasteiger partial charge in [0, 0.05) is 24.9 Å². The number of benzene rings is 1. The van der Waals surface area contributed by atoms with Gasteiger partial charge in [-0.15, -0.1) is 0 Å². The Morgan fingerprint density at radius 2 is 2.07 bits per heavy atom. The van der Waals surface area contributed by atoms with E-state index in [1.54, 1.807) is 7.11 Å². The molecule has 3 atom stereocenters. The second-order valence-corrected chi connectivity index (χ2v) is 7.45. The van der Waals surface area contributed by atoms with Gasteiger partial charge in [0.25, 0.3) is 0 Å². The molecule has 144 valence electrons. The fourth-order valence-corrected chi connectivity index (χ4v) is 3.54. The van der Waals surface area contributed by atoms with Gasteiger partial charge in [-0.2, -0.15) is 0 Å². The zero-order valence-corrected chi connectivity index (χ0v) is 16.9. The molecule has 0 fully saturated rings. The van der Waals surface area contributed by atoms with Crippen molar-refractivity contribution >= 4 is 21.8 Å². The first kappa shape index (κ1) is 19.8. The van der Waals surface area contributed by atoms with E-state index in [1.165, 1.54) is 12.1 Å². The number of aliphatic imine (C=N–C) groups is 1. The lowest BCUT2D eigenvalue weighted by atomic mass is 9.90. The molecule has 3 unspecified atom stereocenters. The molecule has 3 rings (SSSR count). The van der Waals surface area contributed by atoms with Crippen LogP contribution >= 0.6 is 15.9 Å². The molecule has 0 spiro atoms. The SMILES string of the molecule is COC1(C)C=CC=CC1N1C=C(Br)C(OCc2ccc(F)cc2F)=NC1C. The van der Waals surface area contributed by atoms with Crippen LogP contribution in [0.5, 0.6) is 0 Å². The van der Waals surface area contributed by atoms with Gasteiger partial charge in [0.15, 0.2) is 0 Å². The van der Waals surface area contributed by atoms with E-state index in [1.807, 2.05) is 38.3 Å². The summed E-state index contributed by atoms with van der Waals surface area (Å²) in [4.78, 5) is 6.65. The summed E-state index contributed by atoms with van der Waals surface area (Å²) in [6.45, 7) is 3.92. The minimum atomic E-state index is -0.642. The molecule has 0 radical (unpaired) electrons. The minimum absolute atomic E-state index is 0.0392. The maximum atomic E-state index is 13.8. The number of halogens is 3. The summed E-state index contributed by atoms with van der Waals surface area (Å²) >= 11 is 3.48. The highest BCUT2D eigenvalue weighted by atomic mass is 79.9. The van der Waals surface area contributed by atoms with Crippen LogP contribution in [0.1, 0.15) is 19.4 Å². The van der Waals surface area contributed by atoms with E-state index in [-0.39, 0.29) is 24.4 Å². The molecule has 0 amide bonds. The highest BCUT2D eigenvalue weighted by molar-refractivity contribution is 9.12. The lowest BCUT2D eigenvalue weighted by Gasteiger charge is -2.43. The van der Waals surface area contributed by atoms with Crippen molar-refractivity contribution in [3.63, 3.8) is 0 Å². The van der Waals surface area contributed by atoms with E-state index >= 15 is 0 Å². The van der Waals surface area contributed by atoms with E-state index in [4.69, 9.17) is 9.47 Å². The lowest BCUT2D eigenvalue weighted by Crippen LogP contribution is -2.52. The minimum Gasteiger partial charge on any atom is -0.472 e. The second-order valence-electron chi connectivity index (χ2n) is 6.59. The summed E-state index contributed by atoms with van der Waals surface area (Å²) in [5.41, 5.74) is -0.223. The average molecular weight is 439 g/mol. The topological polar surface area (TPSA) is 34.1 Å². The molecular formula is C20H21BrF2N2O2. The maximum Gasteiger partial charge on any atom is 0.227 e. The van der Waals surface area contributed by atoms with E-state index in [0.29, 0.717) is 10.4 Å². The molecule has 0 N–H and O–H groups in total. The molecule has 27 heavy (non-hydrogen) atoms. The Morgan fingerprint density at radius 1 is 1.30 bits per heavy atom. The Labute approximate surface area is 166 Å². The number of hydrogen-bond acceptors (Lipinski definition) is 4. The van der Waals surface area contributed by atoms with E-state index in [9.17, 15) is 8.78 Å². The molecule has 4 nitrogen and oxygen atoms in total. The Bertz CT molecular complexity index is 837. The van der Waals surface area contributed by atoms with Crippen molar-refractivity contribution in [3.8, 4) is 0 Å². The van der Waals surface area contributed by atoms with Crippen molar-refractivity contribution in [2.24, 2.45) is 4.99 Å². The van der Waals surface area contributed by atoms with E-state index < -0.39 is 17.2 Å². The summed E-state index contributed by atoms with van der Waals surface area (Å²) in [6, 6.07) is 3.36. The van der Waals surface area contributed by atoms with Crippen molar-refractivity contribution in [3.05, 3.63) is 70.4 Å². The Balaban J connectivity index is 1.74. The Hall–Kier alpha value is -1.99. The zero-order valence-electron chi connectivity index (χ0n) is 15.3. The van der Waals surface area contributed by atoms with Gasteiger partial charge >= 0.3 is 0 Å². The van der Waals surface area contributed by atoms with Crippen LogP contribution in [0.3, 0.4) is 0 Å². The van der Waals surface area contributed by atoms with Gasteiger partial charge < -0.3 is 14.4 Å². The van der Waals surface area contributed by atoms with Crippen molar-refractivity contribution < 1.29 is 18.3 Å². The fraction of sp³-hybridized carbons (Fsp3) is 0.350. The Morgan fingerprint density at radius 3 is 2.78 bits per heavy atom.